The molecule has 0 aromatic rings. The molecule has 2 saturated heterocycles. The Kier molecular flexibility index (Phi) is 3.88. The fraction of sp³-hybridized carbons (Fsp3) is 0.933. The number of amides is 1. The topological polar surface area (TPSA) is 32.3 Å². The van der Waals surface area contributed by atoms with Gasteiger partial charge in [0.05, 0.1) is 0 Å². The van der Waals surface area contributed by atoms with Crippen molar-refractivity contribution in [2.75, 3.05) is 19.6 Å². The molecule has 2 heterocycles. The lowest BCUT2D eigenvalue weighted by Gasteiger charge is -2.33. The van der Waals surface area contributed by atoms with Gasteiger partial charge in [0, 0.05) is 18.5 Å². The van der Waals surface area contributed by atoms with Crippen LogP contribution < -0.4 is 5.32 Å². The zero-order valence-electron chi connectivity index (χ0n) is 11.4. The van der Waals surface area contributed by atoms with E-state index in [2.05, 4.69) is 10.2 Å². The number of nitrogens with one attached hydrogen (secondary N) is 1. The molecule has 0 bridgehead atoms. The third-order valence-corrected chi connectivity index (χ3v) is 5.21. The summed E-state index contributed by atoms with van der Waals surface area (Å²) in [7, 11) is 0. The van der Waals surface area contributed by atoms with E-state index in [0.29, 0.717) is 17.9 Å². The van der Waals surface area contributed by atoms with Gasteiger partial charge in [0.25, 0.3) is 0 Å². The standard InChI is InChI=1S/C15H26N2O/c18-15(13-7-9-16-10-8-13)17-11-3-6-14(17)12-4-1-2-5-12/h12-14,16H,1-11H2. The number of hydrogen-bond acceptors (Lipinski definition) is 2. The molecule has 0 radical (unpaired) electrons. The lowest BCUT2D eigenvalue weighted by Crippen LogP contribution is -2.45. The van der Waals surface area contributed by atoms with Crippen LogP contribution in [0.25, 0.3) is 0 Å². The molecule has 3 nitrogen and oxygen atoms in total. The average Bonchev–Trinajstić information content (AvgIpc) is 3.09. The fourth-order valence-corrected chi connectivity index (χ4v) is 4.20. The number of hydrogen-bond donors (Lipinski definition) is 1. The SMILES string of the molecule is O=C(C1CCNCC1)N1CCCC1C1CCCC1. The molecule has 2 aliphatic heterocycles. The summed E-state index contributed by atoms with van der Waals surface area (Å²) in [6.07, 6.45) is 10.1. The number of piperidine rings is 1. The quantitative estimate of drug-likeness (QED) is 0.814. The Morgan fingerprint density at radius 1 is 0.944 bits per heavy atom. The lowest BCUT2D eigenvalue weighted by molar-refractivity contribution is -0.138. The van der Waals surface area contributed by atoms with E-state index in [1.165, 1.54) is 38.5 Å². The van der Waals surface area contributed by atoms with Crippen molar-refractivity contribution in [3.8, 4) is 0 Å². The summed E-state index contributed by atoms with van der Waals surface area (Å²) in [5.74, 6) is 1.61. The summed E-state index contributed by atoms with van der Waals surface area (Å²) < 4.78 is 0. The Morgan fingerprint density at radius 2 is 1.67 bits per heavy atom. The number of likely N-dealkylation sites (tertiary alicyclic amines) is 1. The molecule has 0 aromatic heterocycles. The molecule has 1 aliphatic carbocycles. The molecule has 18 heavy (non-hydrogen) atoms. The maximum absolute atomic E-state index is 12.7. The highest BCUT2D eigenvalue weighted by atomic mass is 16.2. The molecule has 1 amide bonds. The lowest BCUT2D eigenvalue weighted by atomic mass is 9.92. The van der Waals surface area contributed by atoms with Crippen LogP contribution in [-0.2, 0) is 4.79 Å². The van der Waals surface area contributed by atoms with E-state index in [4.69, 9.17) is 0 Å². The van der Waals surface area contributed by atoms with Crippen LogP contribution in [0.2, 0.25) is 0 Å². The van der Waals surface area contributed by atoms with E-state index in [1.54, 1.807) is 0 Å². The monoisotopic (exact) mass is 250 g/mol. The normalized spacial score (nSPS) is 31.1. The van der Waals surface area contributed by atoms with Crippen LogP contribution in [0.1, 0.15) is 51.4 Å². The van der Waals surface area contributed by atoms with Crippen molar-refractivity contribution in [2.45, 2.75) is 57.4 Å². The summed E-state index contributed by atoms with van der Waals surface area (Å²) in [5.41, 5.74) is 0. The first-order chi connectivity index (χ1) is 8.86. The van der Waals surface area contributed by atoms with Gasteiger partial charge >= 0.3 is 0 Å². The highest BCUT2D eigenvalue weighted by molar-refractivity contribution is 5.79. The van der Waals surface area contributed by atoms with Gasteiger partial charge in [-0.2, -0.15) is 0 Å². The third-order valence-electron chi connectivity index (χ3n) is 5.21. The fourth-order valence-electron chi connectivity index (χ4n) is 4.20. The molecular formula is C15H26N2O. The van der Waals surface area contributed by atoms with E-state index in [1.807, 2.05) is 0 Å². The van der Waals surface area contributed by atoms with Gasteiger partial charge in [-0.15, -0.1) is 0 Å². The van der Waals surface area contributed by atoms with E-state index in [-0.39, 0.29) is 0 Å². The molecule has 1 saturated carbocycles. The number of nitrogens with zero attached hydrogens (tertiary/aromatic N) is 1. The number of carbonyl (C=O) groups is 1. The van der Waals surface area contributed by atoms with Gasteiger partial charge in [0.2, 0.25) is 5.91 Å². The second-order valence-corrected chi connectivity index (χ2v) is 6.31. The van der Waals surface area contributed by atoms with Gasteiger partial charge in [-0.3, -0.25) is 4.79 Å². The van der Waals surface area contributed by atoms with Crippen LogP contribution >= 0.6 is 0 Å². The van der Waals surface area contributed by atoms with E-state index >= 15 is 0 Å². The molecule has 0 aromatic carbocycles. The van der Waals surface area contributed by atoms with Crippen molar-refractivity contribution in [3.63, 3.8) is 0 Å². The second kappa shape index (κ2) is 5.60. The first-order valence-electron chi connectivity index (χ1n) is 7.87. The van der Waals surface area contributed by atoms with Crippen LogP contribution in [0.15, 0.2) is 0 Å². The molecular weight excluding hydrogens is 224 g/mol. The Labute approximate surface area is 110 Å². The smallest absolute Gasteiger partial charge is 0.226 e. The van der Waals surface area contributed by atoms with Crippen LogP contribution in [0, 0.1) is 11.8 Å². The molecule has 1 atom stereocenters. The highest BCUT2D eigenvalue weighted by Gasteiger charge is 2.38. The van der Waals surface area contributed by atoms with Crippen molar-refractivity contribution in [3.05, 3.63) is 0 Å². The molecule has 1 N–H and O–H groups in total. The first kappa shape index (κ1) is 12.5. The van der Waals surface area contributed by atoms with Crippen LogP contribution in [0.5, 0.6) is 0 Å². The Bertz CT molecular complexity index is 293. The number of carbonyl (C=O) groups excluding carboxylic acids is 1. The maximum Gasteiger partial charge on any atom is 0.226 e. The Morgan fingerprint density at radius 3 is 2.39 bits per heavy atom. The summed E-state index contributed by atoms with van der Waals surface area (Å²) in [5, 5.41) is 3.36. The molecule has 1 unspecified atom stereocenters. The van der Waals surface area contributed by atoms with E-state index in [9.17, 15) is 4.79 Å². The second-order valence-electron chi connectivity index (χ2n) is 6.31. The van der Waals surface area contributed by atoms with E-state index < -0.39 is 0 Å². The van der Waals surface area contributed by atoms with Gasteiger partial charge in [-0.25, -0.2) is 0 Å². The maximum atomic E-state index is 12.7. The molecule has 3 fully saturated rings. The van der Waals surface area contributed by atoms with Crippen molar-refractivity contribution >= 4 is 5.91 Å². The van der Waals surface area contributed by atoms with Crippen molar-refractivity contribution in [1.82, 2.24) is 10.2 Å². The summed E-state index contributed by atoms with van der Waals surface area (Å²) in [4.78, 5) is 14.9. The summed E-state index contributed by atoms with van der Waals surface area (Å²) in [6, 6.07) is 0.592. The van der Waals surface area contributed by atoms with Gasteiger partial charge in [-0.1, -0.05) is 12.8 Å². The first-order valence-corrected chi connectivity index (χ1v) is 7.87. The summed E-state index contributed by atoms with van der Waals surface area (Å²) in [6.45, 7) is 3.08. The minimum atomic E-state index is 0.313. The van der Waals surface area contributed by atoms with Gasteiger partial charge in [-0.05, 0) is 57.5 Å². The molecule has 102 valence electrons. The molecule has 3 heteroatoms. The predicted octanol–water partition coefficient (Wildman–Crippen LogP) is 2.17. The minimum absolute atomic E-state index is 0.313. The van der Waals surface area contributed by atoms with Crippen molar-refractivity contribution < 1.29 is 4.79 Å². The van der Waals surface area contributed by atoms with E-state index in [0.717, 1.165) is 38.4 Å². The van der Waals surface area contributed by atoms with Crippen molar-refractivity contribution in [2.24, 2.45) is 11.8 Å². The van der Waals surface area contributed by atoms with Gasteiger partial charge in [0.1, 0.15) is 0 Å². The predicted molar refractivity (Wildman–Crippen MR) is 72.3 cm³/mol. The number of rotatable bonds is 2. The third kappa shape index (κ3) is 2.42. The van der Waals surface area contributed by atoms with Gasteiger partial charge in [0.15, 0.2) is 0 Å². The Hall–Kier alpha value is -0.570. The average molecular weight is 250 g/mol. The van der Waals surface area contributed by atoms with Crippen LogP contribution in [0.3, 0.4) is 0 Å². The highest BCUT2D eigenvalue weighted by Crippen LogP contribution is 2.36. The summed E-state index contributed by atoms with van der Waals surface area (Å²) >= 11 is 0. The zero-order chi connectivity index (χ0) is 12.4. The molecule has 0 spiro atoms. The van der Waals surface area contributed by atoms with Gasteiger partial charge < -0.3 is 10.2 Å². The van der Waals surface area contributed by atoms with Crippen LogP contribution in [-0.4, -0.2) is 36.5 Å². The molecule has 3 rings (SSSR count). The Balaban J connectivity index is 1.63. The van der Waals surface area contributed by atoms with Crippen LogP contribution in [0.4, 0.5) is 0 Å². The minimum Gasteiger partial charge on any atom is -0.339 e. The molecule has 3 aliphatic rings. The van der Waals surface area contributed by atoms with Crippen molar-refractivity contribution in [1.29, 1.82) is 0 Å². The zero-order valence-corrected chi connectivity index (χ0v) is 11.4. The largest absolute Gasteiger partial charge is 0.339 e.